The molecular formula is C24H25N3O3. The molecule has 0 aliphatic heterocycles. The number of anilines is 2. The molecule has 0 spiro atoms. The highest BCUT2D eigenvalue weighted by atomic mass is 16.5. The Labute approximate surface area is 176 Å². The predicted octanol–water partition coefficient (Wildman–Crippen LogP) is 4.38. The SMILES string of the molecule is CN(CCC(=O)Nc1ccccc1Oc1ccccc1)CC(=O)Nc1ccccc1. The number of carbonyl (C=O) groups is 2. The summed E-state index contributed by atoms with van der Waals surface area (Å²) < 4.78 is 5.87. The van der Waals surface area contributed by atoms with Crippen LogP contribution in [0.5, 0.6) is 11.5 Å². The molecule has 0 unspecified atom stereocenters. The molecule has 0 radical (unpaired) electrons. The van der Waals surface area contributed by atoms with Crippen molar-refractivity contribution >= 4 is 23.2 Å². The van der Waals surface area contributed by atoms with Gasteiger partial charge in [0, 0.05) is 18.7 Å². The van der Waals surface area contributed by atoms with Gasteiger partial charge in [-0.25, -0.2) is 0 Å². The van der Waals surface area contributed by atoms with Crippen molar-refractivity contribution < 1.29 is 14.3 Å². The fraction of sp³-hybridized carbons (Fsp3) is 0.167. The van der Waals surface area contributed by atoms with Crippen molar-refractivity contribution in [3.05, 3.63) is 84.9 Å². The molecule has 0 saturated carbocycles. The molecule has 2 amide bonds. The minimum atomic E-state index is -0.144. The van der Waals surface area contributed by atoms with Gasteiger partial charge in [0.1, 0.15) is 5.75 Å². The van der Waals surface area contributed by atoms with E-state index in [4.69, 9.17) is 4.74 Å². The highest BCUT2D eigenvalue weighted by molar-refractivity contribution is 5.93. The van der Waals surface area contributed by atoms with Crippen LogP contribution in [0.25, 0.3) is 0 Å². The van der Waals surface area contributed by atoms with Crippen molar-refractivity contribution in [3.63, 3.8) is 0 Å². The van der Waals surface area contributed by atoms with E-state index in [1.807, 2.05) is 90.8 Å². The largest absolute Gasteiger partial charge is 0.455 e. The van der Waals surface area contributed by atoms with Crippen molar-refractivity contribution in [1.29, 1.82) is 0 Å². The maximum atomic E-state index is 12.4. The highest BCUT2D eigenvalue weighted by Crippen LogP contribution is 2.29. The first-order chi connectivity index (χ1) is 14.6. The molecule has 30 heavy (non-hydrogen) atoms. The molecule has 6 nitrogen and oxygen atoms in total. The zero-order valence-electron chi connectivity index (χ0n) is 16.9. The third kappa shape index (κ3) is 6.76. The summed E-state index contributed by atoms with van der Waals surface area (Å²) in [4.78, 5) is 26.3. The number of hydrogen-bond donors (Lipinski definition) is 2. The van der Waals surface area contributed by atoms with Gasteiger partial charge in [-0.05, 0) is 43.4 Å². The molecule has 3 aromatic rings. The number of carbonyl (C=O) groups excluding carboxylic acids is 2. The lowest BCUT2D eigenvalue weighted by molar-refractivity contribution is -0.119. The Morgan fingerprint density at radius 1 is 0.800 bits per heavy atom. The van der Waals surface area contributed by atoms with Crippen LogP contribution in [0.2, 0.25) is 0 Å². The summed E-state index contributed by atoms with van der Waals surface area (Å²) in [5.41, 5.74) is 1.36. The maximum absolute atomic E-state index is 12.4. The second-order valence-corrected chi connectivity index (χ2v) is 6.86. The van der Waals surface area contributed by atoms with Gasteiger partial charge < -0.3 is 15.4 Å². The van der Waals surface area contributed by atoms with Crippen LogP contribution in [-0.4, -0.2) is 36.9 Å². The number of likely N-dealkylation sites (N-methyl/N-ethyl adjacent to an activating group) is 1. The van der Waals surface area contributed by atoms with Crippen molar-refractivity contribution in [2.24, 2.45) is 0 Å². The Kier molecular flexibility index (Phi) is 7.58. The van der Waals surface area contributed by atoms with E-state index in [-0.39, 0.29) is 24.8 Å². The summed E-state index contributed by atoms with van der Waals surface area (Å²) in [5.74, 6) is 1.01. The number of hydrogen-bond acceptors (Lipinski definition) is 4. The standard InChI is InChI=1S/C24H25N3O3/c1-27(18-24(29)25-19-10-4-2-5-11-19)17-16-23(28)26-21-14-8-9-15-22(21)30-20-12-6-3-7-13-20/h2-15H,16-18H2,1H3,(H,25,29)(H,26,28). The number of rotatable bonds is 9. The van der Waals surface area contributed by atoms with Gasteiger partial charge in [-0.15, -0.1) is 0 Å². The van der Waals surface area contributed by atoms with E-state index >= 15 is 0 Å². The number of nitrogens with one attached hydrogen (secondary N) is 2. The first-order valence-corrected chi connectivity index (χ1v) is 9.75. The molecule has 0 atom stereocenters. The van der Waals surface area contributed by atoms with E-state index in [0.717, 1.165) is 5.69 Å². The summed E-state index contributed by atoms with van der Waals surface area (Å²) >= 11 is 0. The monoisotopic (exact) mass is 403 g/mol. The zero-order chi connectivity index (χ0) is 21.2. The first kappa shape index (κ1) is 21.1. The lowest BCUT2D eigenvalue weighted by atomic mass is 10.2. The fourth-order valence-corrected chi connectivity index (χ4v) is 2.83. The minimum Gasteiger partial charge on any atom is -0.455 e. The van der Waals surface area contributed by atoms with Crippen LogP contribution in [0.1, 0.15) is 6.42 Å². The summed E-state index contributed by atoms with van der Waals surface area (Å²) in [6, 6.07) is 26.0. The van der Waals surface area contributed by atoms with E-state index in [0.29, 0.717) is 23.7 Å². The fourth-order valence-electron chi connectivity index (χ4n) is 2.83. The van der Waals surface area contributed by atoms with Gasteiger partial charge in [0.25, 0.3) is 0 Å². The normalized spacial score (nSPS) is 10.5. The number of benzene rings is 3. The molecule has 0 fully saturated rings. The van der Waals surface area contributed by atoms with E-state index in [9.17, 15) is 9.59 Å². The molecule has 0 aliphatic rings. The van der Waals surface area contributed by atoms with E-state index in [1.54, 1.807) is 6.07 Å². The Balaban J connectivity index is 1.47. The van der Waals surface area contributed by atoms with Gasteiger partial charge in [0.2, 0.25) is 11.8 Å². The molecule has 0 bridgehead atoms. The average molecular weight is 403 g/mol. The van der Waals surface area contributed by atoms with E-state index < -0.39 is 0 Å². The topological polar surface area (TPSA) is 70.7 Å². The van der Waals surface area contributed by atoms with Gasteiger partial charge in [0.05, 0.1) is 12.2 Å². The molecule has 0 saturated heterocycles. The third-order valence-corrected chi connectivity index (χ3v) is 4.32. The van der Waals surface area contributed by atoms with Crippen LogP contribution >= 0.6 is 0 Å². The van der Waals surface area contributed by atoms with Crippen LogP contribution in [-0.2, 0) is 9.59 Å². The maximum Gasteiger partial charge on any atom is 0.238 e. The van der Waals surface area contributed by atoms with E-state index in [1.165, 1.54) is 0 Å². The summed E-state index contributed by atoms with van der Waals surface area (Å²) in [6.07, 6.45) is 0.259. The van der Waals surface area contributed by atoms with Gasteiger partial charge in [-0.2, -0.15) is 0 Å². The molecule has 3 aromatic carbocycles. The third-order valence-electron chi connectivity index (χ3n) is 4.32. The Morgan fingerprint density at radius 2 is 1.43 bits per heavy atom. The van der Waals surface area contributed by atoms with Gasteiger partial charge in [-0.1, -0.05) is 48.5 Å². The summed E-state index contributed by atoms with van der Waals surface area (Å²) in [7, 11) is 1.81. The summed E-state index contributed by atoms with van der Waals surface area (Å²) in [6.45, 7) is 0.658. The van der Waals surface area contributed by atoms with Crippen LogP contribution in [0, 0.1) is 0 Å². The molecule has 0 aromatic heterocycles. The predicted molar refractivity (Wildman–Crippen MR) is 119 cm³/mol. The molecule has 6 heteroatoms. The number of para-hydroxylation sites is 4. The Morgan fingerprint density at radius 3 is 2.17 bits per heavy atom. The Bertz CT molecular complexity index is 962. The molecule has 2 N–H and O–H groups in total. The van der Waals surface area contributed by atoms with Crippen molar-refractivity contribution in [3.8, 4) is 11.5 Å². The van der Waals surface area contributed by atoms with Crippen LogP contribution in [0.4, 0.5) is 11.4 Å². The molecule has 0 aliphatic carbocycles. The molecule has 154 valence electrons. The van der Waals surface area contributed by atoms with E-state index in [2.05, 4.69) is 10.6 Å². The smallest absolute Gasteiger partial charge is 0.238 e. The number of ether oxygens (including phenoxy) is 1. The zero-order valence-corrected chi connectivity index (χ0v) is 16.9. The average Bonchev–Trinajstić information content (AvgIpc) is 2.75. The second-order valence-electron chi connectivity index (χ2n) is 6.86. The molecule has 3 rings (SSSR count). The van der Waals surface area contributed by atoms with Gasteiger partial charge in [0.15, 0.2) is 5.75 Å². The molecular weight excluding hydrogens is 378 g/mol. The lowest BCUT2D eigenvalue weighted by Crippen LogP contribution is -2.32. The first-order valence-electron chi connectivity index (χ1n) is 9.75. The number of amides is 2. The van der Waals surface area contributed by atoms with Crippen LogP contribution < -0.4 is 15.4 Å². The molecule has 0 heterocycles. The summed E-state index contributed by atoms with van der Waals surface area (Å²) in [5, 5.41) is 5.72. The Hall–Kier alpha value is -3.64. The van der Waals surface area contributed by atoms with Crippen molar-refractivity contribution in [1.82, 2.24) is 4.90 Å². The van der Waals surface area contributed by atoms with Crippen LogP contribution in [0.3, 0.4) is 0 Å². The minimum absolute atomic E-state index is 0.120. The quantitative estimate of drug-likeness (QED) is 0.556. The van der Waals surface area contributed by atoms with Gasteiger partial charge >= 0.3 is 0 Å². The lowest BCUT2D eigenvalue weighted by Gasteiger charge is -2.17. The van der Waals surface area contributed by atoms with Crippen molar-refractivity contribution in [2.75, 3.05) is 30.8 Å². The van der Waals surface area contributed by atoms with Crippen molar-refractivity contribution in [2.45, 2.75) is 6.42 Å². The van der Waals surface area contributed by atoms with Crippen LogP contribution in [0.15, 0.2) is 84.9 Å². The van der Waals surface area contributed by atoms with Gasteiger partial charge in [-0.3, -0.25) is 14.5 Å². The number of nitrogens with zero attached hydrogens (tertiary/aromatic N) is 1. The second kappa shape index (κ2) is 10.8. The highest BCUT2D eigenvalue weighted by Gasteiger charge is 2.11.